The van der Waals surface area contributed by atoms with Crippen molar-refractivity contribution in [3.63, 3.8) is 0 Å². The van der Waals surface area contributed by atoms with Crippen LogP contribution in [-0.2, 0) is 0 Å². The van der Waals surface area contributed by atoms with E-state index in [1.54, 1.807) is 30.3 Å². The maximum absolute atomic E-state index is 6.02. The largest absolute Gasteiger partial charge is 0.275 e. The van der Waals surface area contributed by atoms with Crippen molar-refractivity contribution in [3.05, 3.63) is 61.0 Å². The zero-order valence-corrected chi connectivity index (χ0v) is 13.6. The number of hydrazone groups is 1. The fourth-order valence-electron chi connectivity index (χ4n) is 1.44. The molecule has 7 heteroatoms. The average Bonchev–Trinajstić information content (AvgIpc) is 2.35. The number of nitrogens with zero attached hydrogens (tertiary/aromatic N) is 1. The Bertz CT molecular complexity index is 627. The van der Waals surface area contributed by atoms with Crippen molar-refractivity contribution >= 4 is 69.9 Å². The van der Waals surface area contributed by atoms with E-state index >= 15 is 0 Å². The van der Waals surface area contributed by atoms with E-state index < -0.39 is 0 Å². The molecule has 0 bridgehead atoms. The smallest absolute Gasteiger partial charge is 0.0935 e. The van der Waals surface area contributed by atoms with E-state index in [4.69, 9.17) is 58.0 Å². The Morgan fingerprint density at radius 2 is 1.40 bits per heavy atom. The van der Waals surface area contributed by atoms with Crippen LogP contribution in [-0.4, -0.2) is 6.21 Å². The number of nitrogens with one attached hydrogen (secondary N) is 1. The summed E-state index contributed by atoms with van der Waals surface area (Å²) in [6.45, 7) is 0. The molecule has 104 valence electrons. The molecule has 2 nitrogen and oxygen atoms in total. The lowest BCUT2D eigenvalue weighted by molar-refractivity contribution is 1.35. The summed E-state index contributed by atoms with van der Waals surface area (Å²) in [5.41, 5.74) is 3.80. The van der Waals surface area contributed by atoms with Crippen LogP contribution in [0.3, 0.4) is 0 Å². The van der Waals surface area contributed by atoms with Gasteiger partial charge in [0.2, 0.25) is 0 Å². The lowest BCUT2D eigenvalue weighted by Crippen LogP contribution is -1.94. The number of hydrogen-bond donors (Lipinski definition) is 1. The summed E-state index contributed by atoms with van der Waals surface area (Å²) < 4.78 is 0. The lowest BCUT2D eigenvalue weighted by atomic mass is 10.2. The normalized spacial score (nSPS) is 11.1. The first-order chi connectivity index (χ1) is 9.49. The van der Waals surface area contributed by atoms with Crippen molar-refractivity contribution in [3.8, 4) is 0 Å². The molecule has 0 aliphatic heterocycles. The number of rotatable bonds is 3. The summed E-state index contributed by atoms with van der Waals surface area (Å²) in [6, 6.07) is 8.32. The van der Waals surface area contributed by atoms with Gasteiger partial charge in [-0.3, -0.25) is 5.43 Å². The summed E-state index contributed by atoms with van der Waals surface area (Å²) in [5.74, 6) is 0. The Kier molecular flexibility index (Phi) is 5.42. The van der Waals surface area contributed by atoms with Crippen molar-refractivity contribution < 1.29 is 0 Å². The van der Waals surface area contributed by atoms with Gasteiger partial charge in [-0.1, -0.05) is 64.1 Å². The molecule has 2 aromatic rings. The Labute approximate surface area is 141 Å². The molecule has 0 saturated heterocycles. The Balaban J connectivity index is 2.23. The number of hydrogen-bond acceptors (Lipinski definition) is 2. The van der Waals surface area contributed by atoms with E-state index in [-0.39, 0.29) is 0 Å². The van der Waals surface area contributed by atoms with Crippen LogP contribution in [0.5, 0.6) is 0 Å². The second kappa shape index (κ2) is 6.88. The summed E-state index contributed by atoms with van der Waals surface area (Å²) in [4.78, 5) is 0. The van der Waals surface area contributed by atoms with E-state index in [2.05, 4.69) is 10.5 Å². The molecule has 0 aliphatic carbocycles. The fourth-order valence-corrected chi connectivity index (χ4v) is 2.84. The van der Waals surface area contributed by atoms with Crippen LogP contribution < -0.4 is 5.43 Å². The highest BCUT2D eigenvalue weighted by molar-refractivity contribution is 6.42. The third kappa shape index (κ3) is 3.72. The first kappa shape index (κ1) is 15.7. The second-order valence-electron chi connectivity index (χ2n) is 3.75. The molecule has 0 unspecified atom stereocenters. The first-order valence-corrected chi connectivity index (χ1v) is 7.25. The van der Waals surface area contributed by atoms with Crippen LogP contribution in [0.25, 0.3) is 0 Å². The van der Waals surface area contributed by atoms with E-state index in [1.165, 1.54) is 6.21 Å². The zero-order valence-electron chi connectivity index (χ0n) is 9.80. The van der Waals surface area contributed by atoms with Gasteiger partial charge in [0.1, 0.15) is 0 Å². The lowest BCUT2D eigenvalue weighted by Gasteiger charge is -2.07. The monoisotopic (exact) mass is 366 g/mol. The van der Waals surface area contributed by atoms with Crippen LogP contribution in [0.15, 0.2) is 35.4 Å². The molecule has 20 heavy (non-hydrogen) atoms. The molecule has 2 rings (SSSR count). The van der Waals surface area contributed by atoms with Crippen LogP contribution in [0.4, 0.5) is 5.69 Å². The SMILES string of the molecule is Clc1cc(Cl)c(NN=Cc2c(Cl)cccc2Cl)c(Cl)c1. The van der Waals surface area contributed by atoms with E-state index in [9.17, 15) is 0 Å². The fraction of sp³-hybridized carbons (Fsp3) is 0. The zero-order chi connectivity index (χ0) is 14.7. The van der Waals surface area contributed by atoms with Gasteiger partial charge in [0, 0.05) is 10.6 Å². The Morgan fingerprint density at radius 1 is 0.850 bits per heavy atom. The minimum absolute atomic E-state index is 0.366. The number of halogens is 5. The molecule has 0 aromatic heterocycles. The van der Waals surface area contributed by atoms with Crippen molar-refractivity contribution in [1.29, 1.82) is 0 Å². The van der Waals surface area contributed by atoms with Crippen molar-refractivity contribution in [2.45, 2.75) is 0 Å². The van der Waals surface area contributed by atoms with Gasteiger partial charge in [-0.25, -0.2) is 0 Å². The van der Waals surface area contributed by atoms with Gasteiger partial charge in [0.25, 0.3) is 0 Å². The van der Waals surface area contributed by atoms with Gasteiger partial charge in [-0.15, -0.1) is 0 Å². The standard InChI is InChI=1S/C13H7Cl5N2/c14-7-4-11(17)13(12(18)5-7)20-19-6-8-9(15)2-1-3-10(8)16/h1-6,20H. The van der Waals surface area contributed by atoms with Crippen LogP contribution in [0.2, 0.25) is 25.1 Å². The maximum Gasteiger partial charge on any atom is 0.0935 e. The summed E-state index contributed by atoms with van der Waals surface area (Å²) >= 11 is 29.9. The summed E-state index contributed by atoms with van der Waals surface area (Å²) in [5, 5.41) is 6.20. The average molecular weight is 368 g/mol. The molecule has 0 aliphatic rings. The number of benzene rings is 2. The molecule has 0 heterocycles. The highest BCUT2D eigenvalue weighted by atomic mass is 35.5. The Hall–Kier alpha value is -0.640. The van der Waals surface area contributed by atoms with Gasteiger partial charge in [0.05, 0.1) is 32.0 Å². The molecule has 0 radical (unpaired) electrons. The van der Waals surface area contributed by atoms with Crippen molar-refractivity contribution in [2.75, 3.05) is 5.43 Å². The van der Waals surface area contributed by atoms with Gasteiger partial charge < -0.3 is 0 Å². The molecular formula is C13H7Cl5N2. The van der Waals surface area contributed by atoms with Gasteiger partial charge in [-0.2, -0.15) is 5.10 Å². The molecule has 0 fully saturated rings. The van der Waals surface area contributed by atoms with Crippen LogP contribution in [0, 0.1) is 0 Å². The van der Waals surface area contributed by atoms with Crippen LogP contribution >= 0.6 is 58.0 Å². The van der Waals surface area contributed by atoms with E-state index in [0.29, 0.717) is 36.4 Å². The third-order valence-electron chi connectivity index (χ3n) is 2.38. The highest BCUT2D eigenvalue weighted by Crippen LogP contribution is 2.33. The summed E-state index contributed by atoms with van der Waals surface area (Å²) in [7, 11) is 0. The molecule has 1 N–H and O–H groups in total. The maximum atomic E-state index is 6.02. The van der Waals surface area contributed by atoms with Gasteiger partial charge >= 0.3 is 0 Å². The topological polar surface area (TPSA) is 24.4 Å². The highest BCUT2D eigenvalue weighted by Gasteiger charge is 2.07. The molecule has 0 amide bonds. The summed E-state index contributed by atoms with van der Waals surface area (Å²) in [6.07, 6.45) is 1.49. The third-order valence-corrected chi connectivity index (χ3v) is 3.85. The van der Waals surface area contributed by atoms with Crippen molar-refractivity contribution in [2.24, 2.45) is 5.10 Å². The minimum atomic E-state index is 0.366. The molecule has 0 spiro atoms. The molecule has 2 aromatic carbocycles. The van der Waals surface area contributed by atoms with Gasteiger partial charge in [0.15, 0.2) is 0 Å². The molecule has 0 atom stereocenters. The molecular weight excluding hydrogens is 361 g/mol. The second-order valence-corrected chi connectivity index (χ2v) is 5.82. The van der Waals surface area contributed by atoms with Crippen molar-refractivity contribution in [1.82, 2.24) is 0 Å². The molecule has 0 saturated carbocycles. The van der Waals surface area contributed by atoms with Crippen LogP contribution in [0.1, 0.15) is 5.56 Å². The van der Waals surface area contributed by atoms with E-state index in [0.717, 1.165) is 0 Å². The predicted molar refractivity (Wildman–Crippen MR) is 89.2 cm³/mol. The predicted octanol–water partition coefficient (Wildman–Crippen LogP) is 6.40. The van der Waals surface area contributed by atoms with Gasteiger partial charge in [-0.05, 0) is 24.3 Å². The minimum Gasteiger partial charge on any atom is -0.275 e. The Morgan fingerprint density at radius 3 is 1.95 bits per heavy atom. The quantitative estimate of drug-likeness (QED) is 0.492. The first-order valence-electron chi connectivity index (χ1n) is 5.36. The van der Waals surface area contributed by atoms with E-state index in [1.807, 2.05) is 0 Å². The number of anilines is 1.